The Morgan fingerprint density at radius 3 is 2.33 bits per heavy atom. The number of methoxy groups -OCH3 is 1. The molecule has 1 N–H and O–H groups in total. The lowest BCUT2D eigenvalue weighted by Gasteiger charge is -2.12. The fourth-order valence-electron chi connectivity index (χ4n) is 2.52. The Morgan fingerprint density at radius 1 is 1.15 bits per heavy atom. The molecule has 27 heavy (non-hydrogen) atoms. The smallest absolute Gasteiger partial charge is 0.343 e. The largest absolute Gasteiger partial charge is 0.481 e. The highest BCUT2D eigenvalue weighted by molar-refractivity contribution is 6.09. The van der Waals surface area contributed by atoms with Gasteiger partial charge in [-0.15, -0.1) is 0 Å². The highest BCUT2D eigenvalue weighted by atomic mass is 16.6. The van der Waals surface area contributed by atoms with Gasteiger partial charge in [0.15, 0.2) is 6.61 Å². The molecule has 0 atom stereocenters. The fourth-order valence-corrected chi connectivity index (χ4v) is 2.52. The van der Waals surface area contributed by atoms with Crippen molar-refractivity contribution in [1.29, 1.82) is 5.26 Å². The van der Waals surface area contributed by atoms with Gasteiger partial charge in [0, 0.05) is 5.69 Å². The third-order valence-corrected chi connectivity index (χ3v) is 3.75. The lowest BCUT2D eigenvalue weighted by molar-refractivity contribution is -0.142. The van der Waals surface area contributed by atoms with Crippen molar-refractivity contribution < 1.29 is 19.1 Å². The summed E-state index contributed by atoms with van der Waals surface area (Å²) in [5.41, 5.74) is 2.86. The molecule has 6 nitrogen and oxygen atoms in total. The van der Waals surface area contributed by atoms with E-state index in [0.29, 0.717) is 17.0 Å². The van der Waals surface area contributed by atoms with E-state index in [1.54, 1.807) is 36.4 Å². The molecule has 0 aliphatic rings. The lowest BCUT2D eigenvalue weighted by atomic mass is 10.0. The summed E-state index contributed by atoms with van der Waals surface area (Å²) in [5.74, 6) is -0.378. The first-order valence-electron chi connectivity index (χ1n) is 8.23. The van der Waals surface area contributed by atoms with Crippen LogP contribution in [-0.2, 0) is 14.3 Å². The Hall–Kier alpha value is -3.59. The first-order valence-corrected chi connectivity index (χ1v) is 8.23. The number of carbonyl (C=O) groups excluding carboxylic acids is 2. The third kappa shape index (κ3) is 5.44. The maximum absolute atomic E-state index is 12.3. The number of carbonyl (C=O) groups is 2. The molecule has 0 aromatic heterocycles. The Bertz CT molecular complexity index is 889. The third-order valence-electron chi connectivity index (χ3n) is 3.75. The van der Waals surface area contributed by atoms with Gasteiger partial charge in [-0.25, -0.2) is 4.79 Å². The van der Waals surface area contributed by atoms with Gasteiger partial charge in [0.05, 0.1) is 7.11 Å². The van der Waals surface area contributed by atoms with Crippen LogP contribution in [0.5, 0.6) is 5.75 Å². The van der Waals surface area contributed by atoms with E-state index in [9.17, 15) is 14.9 Å². The minimum absolute atomic E-state index is 0.0131. The summed E-state index contributed by atoms with van der Waals surface area (Å²) in [4.78, 5) is 23.6. The summed E-state index contributed by atoms with van der Waals surface area (Å²) in [7, 11) is 1.29. The number of benzene rings is 2. The number of esters is 1. The normalized spacial score (nSPS) is 10.7. The van der Waals surface area contributed by atoms with Crippen molar-refractivity contribution in [3.63, 3.8) is 0 Å². The van der Waals surface area contributed by atoms with Crippen LogP contribution in [0.1, 0.15) is 16.7 Å². The number of nitrogens with zero attached hydrogens (tertiary/aromatic N) is 1. The van der Waals surface area contributed by atoms with E-state index in [1.165, 1.54) is 13.2 Å². The lowest BCUT2D eigenvalue weighted by Crippen LogP contribution is -2.14. The zero-order valence-electron chi connectivity index (χ0n) is 15.4. The van der Waals surface area contributed by atoms with E-state index >= 15 is 0 Å². The predicted octanol–water partition coefficient (Wildman–Crippen LogP) is 3.40. The van der Waals surface area contributed by atoms with Gasteiger partial charge >= 0.3 is 5.97 Å². The zero-order valence-corrected chi connectivity index (χ0v) is 15.4. The molecule has 0 fully saturated rings. The van der Waals surface area contributed by atoms with Crippen molar-refractivity contribution in [3.05, 3.63) is 64.7 Å². The molecule has 0 spiro atoms. The van der Waals surface area contributed by atoms with Crippen molar-refractivity contribution in [2.75, 3.05) is 19.0 Å². The summed E-state index contributed by atoms with van der Waals surface area (Å²) >= 11 is 0. The monoisotopic (exact) mass is 364 g/mol. The fraction of sp³-hybridized carbons (Fsp3) is 0.190. The predicted molar refractivity (Wildman–Crippen MR) is 102 cm³/mol. The van der Waals surface area contributed by atoms with Gasteiger partial charge in [-0.2, -0.15) is 5.26 Å². The summed E-state index contributed by atoms with van der Waals surface area (Å²) in [5, 5.41) is 12.0. The van der Waals surface area contributed by atoms with Crippen LogP contribution in [0.15, 0.2) is 48.0 Å². The number of anilines is 1. The Morgan fingerprint density at radius 2 is 1.78 bits per heavy atom. The van der Waals surface area contributed by atoms with E-state index in [0.717, 1.165) is 11.1 Å². The second kappa shape index (κ2) is 9.20. The van der Waals surface area contributed by atoms with Crippen LogP contribution in [0.2, 0.25) is 0 Å². The molecule has 0 heterocycles. The second-order valence-electron chi connectivity index (χ2n) is 5.84. The molecule has 6 heteroatoms. The van der Waals surface area contributed by atoms with E-state index in [1.807, 2.05) is 26.0 Å². The van der Waals surface area contributed by atoms with E-state index in [4.69, 9.17) is 4.74 Å². The van der Waals surface area contributed by atoms with Crippen LogP contribution >= 0.6 is 0 Å². The number of hydrogen-bond acceptors (Lipinski definition) is 5. The molecule has 2 aromatic carbocycles. The first-order chi connectivity index (χ1) is 12.9. The number of aryl methyl sites for hydroxylation is 2. The van der Waals surface area contributed by atoms with Crippen molar-refractivity contribution in [2.24, 2.45) is 0 Å². The molecule has 2 aromatic rings. The highest BCUT2D eigenvalue weighted by Crippen LogP contribution is 2.26. The van der Waals surface area contributed by atoms with Crippen molar-refractivity contribution in [1.82, 2.24) is 0 Å². The van der Waals surface area contributed by atoms with Crippen molar-refractivity contribution in [3.8, 4) is 11.8 Å². The minimum atomic E-state index is -0.481. The summed E-state index contributed by atoms with van der Waals surface area (Å²) in [6.45, 7) is 3.47. The second-order valence-corrected chi connectivity index (χ2v) is 5.84. The molecule has 0 saturated heterocycles. The van der Waals surface area contributed by atoms with Crippen LogP contribution < -0.4 is 10.1 Å². The highest BCUT2D eigenvalue weighted by Gasteiger charge is 2.12. The van der Waals surface area contributed by atoms with Gasteiger partial charge in [0.2, 0.25) is 0 Å². The maximum atomic E-state index is 12.3. The molecule has 0 unspecified atom stereocenters. The first kappa shape index (κ1) is 19.7. The Balaban J connectivity index is 2.22. The van der Waals surface area contributed by atoms with Gasteiger partial charge in [-0.05, 0) is 60.9 Å². The van der Waals surface area contributed by atoms with Gasteiger partial charge in [-0.1, -0.05) is 18.2 Å². The average molecular weight is 364 g/mol. The number of ether oxygens (including phenoxy) is 2. The number of rotatable bonds is 6. The number of para-hydroxylation sites is 1. The standard InChI is InChI=1S/C21H20N2O4/c1-14-9-16(10-15(2)20(14)27-13-19(24)26-3)11-17(12-22)21(25)23-18-7-5-4-6-8-18/h4-11H,13H2,1-3H3,(H,23,25)/b17-11-. The molecule has 0 aliphatic heterocycles. The van der Waals surface area contributed by atoms with Crippen molar-refractivity contribution in [2.45, 2.75) is 13.8 Å². The number of nitrogens with one attached hydrogen (secondary N) is 1. The average Bonchev–Trinajstić information content (AvgIpc) is 2.65. The topological polar surface area (TPSA) is 88.4 Å². The molecule has 138 valence electrons. The van der Waals surface area contributed by atoms with E-state index < -0.39 is 11.9 Å². The van der Waals surface area contributed by atoms with Crippen LogP contribution in [0, 0.1) is 25.2 Å². The summed E-state index contributed by atoms with van der Waals surface area (Å²) < 4.78 is 10.1. The molecule has 0 radical (unpaired) electrons. The number of nitriles is 1. The van der Waals surface area contributed by atoms with Gasteiger partial charge in [0.25, 0.3) is 5.91 Å². The quantitative estimate of drug-likeness (QED) is 0.482. The zero-order chi connectivity index (χ0) is 19.8. The molecule has 0 bridgehead atoms. The Kier molecular flexibility index (Phi) is 6.73. The summed E-state index contributed by atoms with van der Waals surface area (Å²) in [6, 6.07) is 14.4. The SMILES string of the molecule is COC(=O)COc1c(C)cc(/C=C(/C#N)C(=O)Nc2ccccc2)cc1C. The maximum Gasteiger partial charge on any atom is 0.343 e. The molecule has 0 saturated carbocycles. The molecule has 1 amide bonds. The van der Waals surface area contributed by atoms with E-state index in [2.05, 4.69) is 10.1 Å². The molecule has 0 aliphatic carbocycles. The van der Waals surface area contributed by atoms with Crippen LogP contribution in [-0.4, -0.2) is 25.6 Å². The van der Waals surface area contributed by atoms with Crippen LogP contribution in [0.25, 0.3) is 6.08 Å². The number of hydrogen-bond donors (Lipinski definition) is 1. The summed E-state index contributed by atoms with van der Waals surface area (Å²) in [6.07, 6.45) is 1.52. The molecular formula is C21H20N2O4. The Labute approximate surface area is 158 Å². The van der Waals surface area contributed by atoms with Gasteiger partial charge in [0.1, 0.15) is 17.4 Å². The van der Waals surface area contributed by atoms with Gasteiger partial charge < -0.3 is 14.8 Å². The molecule has 2 rings (SSSR count). The van der Waals surface area contributed by atoms with E-state index in [-0.39, 0.29) is 12.2 Å². The minimum Gasteiger partial charge on any atom is -0.481 e. The number of amides is 1. The van der Waals surface area contributed by atoms with Crippen molar-refractivity contribution >= 4 is 23.6 Å². The van der Waals surface area contributed by atoms with Crippen LogP contribution in [0.4, 0.5) is 5.69 Å². The molecular weight excluding hydrogens is 344 g/mol. The van der Waals surface area contributed by atoms with Crippen LogP contribution in [0.3, 0.4) is 0 Å². The van der Waals surface area contributed by atoms with Gasteiger partial charge in [-0.3, -0.25) is 4.79 Å².